The Kier molecular flexibility index (Phi) is 4.62. The molecule has 1 N–H and O–H groups in total. The minimum Gasteiger partial charge on any atom is -0.489 e. The Morgan fingerprint density at radius 3 is 2.70 bits per heavy atom. The van der Waals surface area contributed by atoms with Gasteiger partial charge in [-0.2, -0.15) is 5.26 Å². The molecule has 3 nitrogen and oxygen atoms in total. The van der Waals surface area contributed by atoms with Gasteiger partial charge >= 0.3 is 0 Å². The second-order valence-electron chi connectivity index (χ2n) is 4.39. The fraction of sp³-hybridized carbons (Fsp3) is 0.188. The second kappa shape index (κ2) is 6.42. The van der Waals surface area contributed by atoms with Crippen LogP contribution in [-0.4, -0.2) is 5.11 Å². The van der Waals surface area contributed by atoms with Gasteiger partial charge in [-0.1, -0.05) is 41.9 Å². The van der Waals surface area contributed by atoms with Crippen molar-refractivity contribution in [1.82, 2.24) is 0 Å². The molecule has 2 aromatic carbocycles. The van der Waals surface area contributed by atoms with Gasteiger partial charge in [0.05, 0.1) is 6.07 Å². The average molecular weight is 288 g/mol. The fourth-order valence-corrected chi connectivity index (χ4v) is 2.16. The summed E-state index contributed by atoms with van der Waals surface area (Å²) < 4.78 is 5.73. The molecule has 2 aromatic rings. The quantitative estimate of drug-likeness (QED) is 0.871. The third-order valence-corrected chi connectivity index (χ3v) is 3.39. The molecule has 0 saturated heterocycles. The lowest BCUT2D eigenvalue weighted by Crippen LogP contribution is -2.05. The van der Waals surface area contributed by atoms with Crippen molar-refractivity contribution in [2.75, 3.05) is 0 Å². The fourth-order valence-electron chi connectivity index (χ4n) is 1.92. The van der Waals surface area contributed by atoms with E-state index in [2.05, 4.69) is 0 Å². The molecule has 0 aliphatic heterocycles. The molecule has 0 saturated carbocycles. The number of benzene rings is 2. The van der Waals surface area contributed by atoms with Crippen LogP contribution in [0, 0.1) is 18.3 Å². The van der Waals surface area contributed by atoms with E-state index in [1.807, 2.05) is 31.2 Å². The first-order valence-electron chi connectivity index (χ1n) is 6.17. The van der Waals surface area contributed by atoms with Crippen LogP contribution in [-0.2, 0) is 6.61 Å². The summed E-state index contributed by atoms with van der Waals surface area (Å²) in [7, 11) is 0. The highest BCUT2D eigenvalue weighted by atomic mass is 35.5. The van der Waals surface area contributed by atoms with Gasteiger partial charge in [0, 0.05) is 16.1 Å². The minimum absolute atomic E-state index is 0.207. The molecule has 0 bridgehead atoms. The van der Waals surface area contributed by atoms with Gasteiger partial charge in [-0.25, -0.2) is 0 Å². The smallest absolute Gasteiger partial charge is 0.166 e. The highest BCUT2D eigenvalue weighted by Crippen LogP contribution is 2.27. The second-order valence-corrected chi connectivity index (χ2v) is 4.80. The largest absolute Gasteiger partial charge is 0.489 e. The monoisotopic (exact) mass is 287 g/mol. The summed E-state index contributed by atoms with van der Waals surface area (Å²) in [6.07, 6.45) is -1.20. The first-order valence-corrected chi connectivity index (χ1v) is 6.54. The topological polar surface area (TPSA) is 53.2 Å². The highest BCUT2D eigenvalue weighted by molar-refractivity contribution is 6.31. The Balaban J connectivity index is 2.26. The molecular weight excluding hydrogens is 274 g/mol. The van der Waals surface area contributed by atoms with E-state index in [-0.39, 0.29) is 6.61 Å². The van der Waals surface area contributed by atoms with Crippen molar-refractivity contribution in [1.29, 1.82) is 5.26 Å². The van der Waals surface area contributed by atoms with Crippen LogP contribution < -0.4 is 4.74 Å². The van der Waals surface area contributed by atoms with E-state index in [1.54, 1.807) is 24.3 Å². The summed E-state index contributed by atoms with van der Waals surface area (Å²) in [4.78, 5) is 0. The Labute approximate surface area is 123 Å². The van der Waals surface area contributed by atoms with E-state index >= 15 is 0 Å². The molecule has 1 atom stereocenters. The Bertz CT molecular complexity index is 649. The van der Waals surface area contributed by atoms with Crippen molar-refractivity contribution in [2.45, 2.75) is 19.6 Å². The van der Waals surface area contributed by atoms with Crippen LogP contribution in [0.5, 0.6) is 5.75 Å². The number of hydrogen-bond acceptors (Lipinski definition) is 3. The van der Waals surface area contributed by atoms with Crippen molar-refractivity contribution in [2.24, 2.45) is 0 Å². The van der Waals surface area contributed by atoms with Crippen LogP contribution in [0.4, 0.5) is 0 Å². The Morgan fingerprint density at radius 2 is 2.00 bits per heavy atom. The van der Waals surface area contributed by atoms with Crippen LogP contribution in [0.25, 0.3) is 0 Å². The molecule has 0 spiro atoms. The van der Waals surface area contributed by atoms with Crippen molar-refractivity contribution in [3.8, 4) is 11.8 Å². The average Bonchev–Trinajstić information content (AvgIpc) is 2.46. The first-order chi connectivity index (χ1) is 9.63. The molecule has 0 fully saturated rings. The number of nitrogens with zero attached hydrogens (tertiary/aromatic N) is 1. The van der Waals surface area contributed by atoms with Crippen molar-refractivity contribution in [3.05, 3.63) is 64.2 Å². The van der Waals surface area contributed by atoms with E-state index in [1.165, 1.54) is 0 Å². The first kappa shape index (κ1) is 14.4. The zero-order valence-electron chi connectivity index (χ0n) is 11.0. The molecule has 0 aliphatic carbocycles. The van der Waals surface area contributed by atoms with Gasteiger partial charge in [0.2, 0.25) is 0 Å². The molecule has 0 aliphatic rings. The third-order valence-electron chi connectivity index (χ3n) is 3.04. The molecule has 0 radical (unpaired) electrons. The molecule has 20 heavy (non-hydrogen) atoms. The maximum atomic E-state index is 9.71. The summed E-state index contributed by atoms with van der Waals surface area (Å²) in [5, 5.41) is 19.0. The maximum absolute atomic E-state index is 9.71. The molecule has 102 valence electrons. The number of para-hydroxylation sites is 1. The van der Waals surface area contributed by atoms with Gasteiger partial charge in [-0.3, -0.25) is 0 Å². The predicted molar refractivity (Wildman–Crippen MR) is 77.5 cm³/mol. The molecule has 0 aromatic heterocycles. The van der Waals surface area contributed by atoms with E-state index in [0.717, 1.165) is 11.3 Å². The number of hydrogen-bond donors (Lipinski definition) is 1. The highest BCUT2D eigenvalue weighted by Gasteiger charge is 2.15. The molecule has 2 rings (SSSR count). The summed E-state index contributed by atoms with van der Waals surface area (Å²) >= 11 is 6.14. The number of rotatable bonds is 4. The molecule has 0 heterocycles. The zero-order chi connectivity index (χ0) is 14.5. The van der Waals surface area contributed by atoms with Crippen molar-refractivity contribution >= 4 is 11.6 Å². The van der Waals surface area contributed by atoms with Gasteiger partial charge in [0.1, 0.15) is 12.4 Å². The van der Waals surface area contributed by atoms with Crippen LogP contribution in [0.15, 0.2) is 42.5 Å². The van der Waals surface area contributed by atoms with Gasteiger partial charge in [-0.15, -0.1) is 0 Å². The molecule has 0 amide bonds. The zero-order valence-corrected chi connectivity index (χ0v) is 11.8. The standard InChI is InChI=1S/C16H14ClNO2/c1-11-5-2-3-8-16(11)20-10-13-12(15(19)9-18)6-4-7-14(13)17/h2-8,15,19H,10H2,1H3/t15-/m0/s1. The number of aryl methyl sites for hydroxylation is 1. The number of aliphatic hydroxyl groups excluding tert-OH is 1. The van der Waals surface area contributed by atoms with Gasteiger partial charge in [0.25, 0.3) is 0 Å². The summed E-state index contributed by atoms with van der Waals surface area (Å²) in [5.41, 5.74) is 2.13. The number of halogens is 1. The van der Waals surface area contributed by atoms with Gasteiger partial charge in [0.15, 0.2) is 6.10 Å². The molecular formula is C16H14ClNO2. The SMILES string of the molecule is Cc1ccccc1OCc1c(Cl)cccc1[C@@H](O)C#N. The lowest BCUT2D eigenvalue weighted by molar-refractivity contribution is 0.229. The number of ether oxygens (including phenoxy) is 1. The molecule has 4 heteroatoms. The summed E-state index contributed by atoms with van der Waals surface area (Å²) in [5.74, 6) is 0.754. The minimum atomic E-state index is -1.20. The number of nitriles is 1. The van der Waals surface area contributed by atoms with Gasteiger partial charge < -0.3 is 9.84 Å². The van der Waals surface area contributed by atoms with Crippen LogP contribution >= 0.6 is 11.6 Å². The Morgan fingerprint density at radius 1 is 1.25 bits per heavy atom. The van der Waals surface area contributed by atoms with Gasteiger partial charge in [-0.05, 0) is 24.6 Å². The summed E-state index contributed by atoms with van der Waals surface area (Å²) in [6, 6.07) is 14.5. The van der Waals surface area contributed by atoms with E-state index in [9.17, 15) is 5.11 Å². The van der Waals surface area contributed by atoms with Crippen LogP contribution in [0.2, 0.25) is 5.02 Å². The van der Waals surface area contributed by atoms with E-state index in [0.29, 0.717) is 16.1 Å². The van der Waals surface area contributed by atoms with E-state index in [4.69, 9.17) is 21.6 Å². The van der Waals surface area contributed by atoms with Crippen LogP contribution in [0.3, 0.4) is 0 Å². The van der Waals surface area contributed by atoms with Crippen molar-refractivity contribution < 1.29 is 9.84 Å². The lowest BCUT2D eigenvalue weighted by Gasteiger charge is -2.14. The van der Waals surface area contributed by atoms with E-state index < -0.39 is 6.10 Å². The Hall–Kier alpha value is -2.02. The normalized spacial score (nSPS) is 11.7. The lowest BCUT2D eigenvalue weighted by atomic mass is 10.0. The van der Waals surface area contributed by atoms with Crippen molar-refractivity contribution in [3.63, 3.8) is 0 Å². The third kappa shape index (κ3) is 3.11. The summed E-state index contributed by atoms with van der Waals surface area (Å²) in [6.45, 7) is 2.16. The van der Waals surface area contributed by atoms with Crippen LogP contribution in [0.1, 0.15) is 22.8 Å². The molecule has 0 unspecified atom stereocenters. The maximum Gasteiger partial charge on any atom is 0.166 e. The predicted octanol–water partition coefficient (Wildman–Crippen LogP) is 3.78. The number of aliphatic hydroxyl groups is 1.